The first-order valence-corrected chi connectivity index (χ1v) is 9.12. The fraction of sp³-hybridized carbons (Fsp3) is 0.421. The van der Waals surface area contributed by atoms with Crippen LogP contribution in [0.2, 0.25) is 0 Å². The lowest BCUT2D eigenvalue weighted by Gasteiger charge is -2.28. The predicted molar refractivity (Wildman–Crippen MR) is 92.8 cm³/mol. The summed E-state index contributed by atoms with van der Waals surface area (Å²) in [7, 11) is 0. The second kappa shape index (κ2) is 7.57. The quantitative estimate of drug-likeness (QED) is 0.519. The van der Waals surface area contributed by atoms with Crippen LogP contribution in [0.1, 0.15) is 38.0 Å². The normalized spacial score (nSPS) is 17.2. The lowest BCUT2D eigenvalue weighted by Crippen LogP contribution is -2.26. The van der Waals surface area contributed by atoms with Gasteiger partial charge in [0.1, 0.15) is 11.6 Å². The van der Waals surface area contributed by atoms with Crippen molar-refractivity contribution in [2.24, 2.45) is 5.92 Å². The van der Waals surface area contributed by atoms with Crippen molar-refractivity contribution in [1.29, 1.82) is 0 Å². The summed E-state index contributed by atoms with van der Waals surface area (Å²) in [5.41, 5.74) is 0.536. The molecule has 10 heteroatoms. The van der Waals surface area contributed by atoms with Gasteiger partial charge >= 0.3 is 6.43 Å². The first kappa shape index (κ1) is 19.5. The minimum atomic E-state index is -2.92. The third-order valence-corrected chi connectivity index (χ3v) is 5.04. The molecule has 3 aromatic rings. The van der Waals surface area contributed by atoms with E-state index in [0.717, 1.165) is 6.07 Å². The minimum absolute atomic E-state index is 0.0696. The number of hydrogen-bond acceptors (Lipinski definition) is 4. The Kier molecular flexibility index (Phi) is 5.10. The van der Waals surface area contributed by atoms with Crippen LogP contribution in [-0.4, -0.2) is 25.7 Å². The molecule has 2 heterocycles. The summed E-state index contributed by atoms with van der Waals surface area (Å²) in [5, 5.41) is 6.79. The third-order valence-electron chi connectivity index (χ3n) is 5.04. The number of alkyl halides is 4. The molecule has 0 aliphatic heterocycles. The Bertz CT molecular complexity index is 990. The molecule has 1 saturated carbocycles. The van der Waals surface area contributed by atoms with Gasteiger partial charge in [-0.05, 0) is 37.0 Å². The van der Waals surface area contributed by atoms with Gasteiger partial charge in [-0.1, -0.05) is 0 Å². The number of hydrogen-bond donors (Lipinski definition) is 0. The van der Waals surface area contributed by atoms with Crippen molar-refractivity contribution in [3.8, 4) is 22.8 Å². The smallest absolute Gasteiger partial charge is 0.314 e. The van der Waals surface area contributed by atoms with E-state index in [1.54, 1.807) is 17.0 Å². The van der Waals surface area contributed by atoms with Crippen LogP contribution < -0.4 is 0 Å². The van der Waals surface area contributed by atoms with Gasteiger partial charge in [-0.3, -0.25) is 0 Å². The molecule has 1 fully saturated rings. The van der Waals surface area contributed by atoms with Crippen molar-refractivity contribution >= 4 is 0 Å². The molecule has 1 aliphatic carbocycles. The second-order valence-electron chi connectivity index (χ2n) is 7.18. The Morgan fingerprint density at radius 3 is 2.52 bits per heavy atom. The molecule has 1 aromatic carbocycles. The first-order valence-electron chi connectivity index (χ1n) is 9.12. The largest absolute Gasteiger partial charge is 0.415 e. The fourth-order valence-corrected chi connectivity index (χ4v) is 3.56. The molecule has 2 aromatic heterocycles. The zero-order valence-corrected chi connectivity index (χ0v) is 15.2. The van der Waals surface area contributed by atoms with Gasteiger partial charge in [0.2, 0.25) is 11.8 Å². The zero-order valence-electron chi connectivity index (χ0n) is 15.2. The van der Waals surface area contributed by atoms with Gasteiger partial charge in [0.25, 0.3) is 5.89 Å². The summed E-state index contributed by atoms with van der Waals surface area (Å²) < 4.78 is 73.0. The second-order valence-corrected chi connectivity index (χ2v) is 7.18. The SMILES string of the molecule is Fc1cc(-c2nnc(C(F)F)o2)cc(-c2nccn2CC2CCC(F)(F)CC2)c1. The van der Waals surface area contributed by atoms with Gasteiger partial charge in [-0.2, -0.15) is 8.78 Å². The van der Waals surface area contributed by atoms with Crippen LogP contribution in [0, 0.1) is 11.7 Å². The van der Waals surface area contributed by atoms with Crippen LogP contribution in [0.5, 0.6) is 0 Å². The van der Waals surface area contributed by atoms with E-state index < -0.39 is 24.1 Å². The molecule has 29 heavy (non-hydrogen) atoms. The molecule has 0 amide bonds. The van der Waals surface area contributed by atoms with Crippen LogP contribution in [-0.2, 0) is 6.54 Å². The number of halogens is 5. The van der Waals surface area contributed by atoms with Crippen LogP contribution in [0.3, 0.4) is 0 Å². The summed E-state index contributed by atoms with van der Waals surface area (Å²) in [6.45, 7) is 0.480. The van der Waals surface area contributed by atoms with Crippen LogP contribution in [0.4, 0.5) is 22.0 Å². The number of nitrogens with zero attached hydrogens (tertiary/aromatic N) is 4. The Morgan fingerprint density at radius 2 is 1.83 bits per heavy atom. The predicted octanol–water partition coefficient (Wildman–Crippen LogP) is 5.50. The highest BCUT2D eigenvalue weighted by Crippen LogP contribution is 2.37. The summed E-state index contributed by atoms with van der Waals surface area (Å²) in [6, 6.07) is 3.87. The molecule has 4 rings (SSSR count). The topological polar surface area (TPSA) is 56.7 Å². The molecule has 0 bridgehead atoms. The van der Waals surface area contributed by atoms with E-state index in [1.165, 1.54) is 12.1 Å². The van der Waals surface area contributed by atoms with Crippen molar-refractivity contribution in [1.82, 2.24) is 19.7 Å². The maximum atomic E-state index is 14.2. The fourth-order valence-electron chi connectivity index (χ4n) is 3.56. The van der Waals surface area contributed by atoms with Crippen LogP contribution in [0.15, 0.2) is 35.0 Å². The Balaban J connectivity index is 1.59. The Morgan fingerprint density at radius 1 is 1.10 bits per heavy atom. The molecule has 5 nitrogen and oxygen atoms in total. The van der Waals surface area contributed by atoms with Gasteiger partial charge in [-0.15, -0.1) is 10.2 Å². The van der Waals surface area contributed by atoms with E-state index in [9.17, 15) is 22.0 Å². The monoisotopic (exact) mass is 412 g/mol. The first-order chi connectivity index (χ1) is 13.8. The molecule has 154 valence electrons. The number of benzene rings is 1. The van der Waals surface area contributed by atoms with Gasteiger partial charge in [0, 0.05) is 42.9 Å². The number of imidazole rings is 1. The molecular formula is C19H17F5N4O. The molecule has 0 N–H and O–H groups in total. The van der Waals surface area contributed by atoms with E-state index in [2.05, 4.69) is 15.2 Å². The minimum Gasteiger partial charge on any atom is -0.415 e. The van der Waals surface area contributed by atoms with E-state index in [1.807, 2.05) is 0 Å². The maximum Gasteiger partial charge on any atom is 0.314 e. The highest BCUT2D eigenvalue weighted by atomic mass is 19.3. The average Bonchev–Trinajstić information content (AvgIpc) is 3.32. The summed E-state index contributed by atoms with van der Waals surface area (Å²) in [4.78, 5) is 4.25. The lowest BCUT2D eigenvalue weighted by molar-refractivity contribution is -0.0472. The lowest BCUT2D eigenvalue weighted by atomic mass is 9.86. The molecular weight excluding hydrogens is 395 g/mol. The summed E-state index contributed by atoms with van der Waals surface area (Å²) in [6.07, 6.45) is 0.832. The molecule has 0 spiro atoms. The Labute approximate surface area is 162 Å². The van der Waals surface area contributed by atoms with Gasteiger partial charge in [-0.25, -0.2) is 18.2 Å². The van der Waals surface area contributed by atoms with Gasteiger partial charge in [0.15, 0.2) is 0 Å². The van der Waals surface area contributed by atoms with Crippen molar-refractivity contribution in [2.75, 3.05) is 0 Å². The van der Waals surface area contributed by atoms with Crippen molar-refractivity contribution in [2.45, 2.75) is 44.6 Å². The van der Waals surface area contributed by atoms with Crippen LogP contribution >= 0.6 is 0 Å². The number of aromatic nitrogens is 4. The van der Waals surface area contributed by atoms with E-state index in [-0.39, 0.29) is 30.2 Å². The van der Waals surface area contributed by atoms with Gasteiger partial charge < -0.3 is 8.98 Å². The van der Waals surface area contributed by atoms with E-state index in [0.29, 0.717) is 30.8 Å². The molecule has 0 radical (unpaired) electrons. The maximum absolute atomic E-state index is 14.2. The van der Waals surface area contributed by atoms with Crippen molar-refractivity contribution in [3.05, 3.63) is 42.3 Å². The van der Waals surface area contributed by atoms with Crippen LogP contribution in [0.25, 0.3) is 22.8 Å². The highest BCUT2D eigenvalue weighted by Gasteiger charge is 2.35. The van der Waals surface area contributed by atoms with E-state index >= 15 is 0 Å². The van der Waals surface area contributed by atoms with Crippen molar-refractivity contribution < 1.29 is 26.4 Å². The molecule has 0 unspecified atom stereocenters. The van der Waals surface area contributed by atoms with Crippen molar-refractivity contribution in [3.63, 3.8) is 0 Å². The molecule has 1 aliphatic rings. The summed E-state index contributed by atoms with van der Waals surface area (Å²) >= 11 is 0. The average molecular weight is 412 g/mol. The zero-order chi connectivity index (χ0) is 20.6. The highest BCUT2D eigenvalue weighted by molar-refractivity contribution is 5.65. The van der Waals surface area contributed by atoms with E-state index in [4.69, 9.17) is 4.42 Å². The molecule has 0 saturated heterocycles. The third kappa shape index (κ3) is 4.30. The standard InChI is InChI=1S/C19H17F5N4O/c20-14-8-12(7-13(9-14)17-26-27-18(29-17)15(21)22)16-25-5-6-28(16)10-11-1-3-19(23,24)4-2-11/h5-9,11,15H,1-4,10H2. The summed E-state index contributed by atoms with van der Waals surface area (Å²) in [5.74, 6) is -3.79. The number of rotatable bonds is 5. The molecule has 0 atom stereocenters. The van der Waals surface area contributed by atoms with Gasteiger partial charge in [0.05, 0.1) is 0 Å². The Hall–Kier alpha value is -2.78.